The molecule has 0 saturated carbocycles. The highest BCUT2D eigenvalue weighted by atomic mass is 19.2. The molecule has 0 atom stereocenters. The number of hydrogen-bond donors (Lipinski definition) is 0. The quantitative estimate of drug-likeness (QED) is 0.0744. The van der Waals surface area contributed by atoms with Crippen LogP contribution in [0.2, 0.25) is 0 Å². The summed E-state index contributed by atoms with van der Waals surface area (Å²) in [4.78, 5) is 0. The second-order valence-electron chi connectivity index (χ2n) is 13.8. The minimum Gasteiger partial charge on any atom is -0.322 e. The first-order valence-electron chi connectivity index (χ1n) is 18.3. The van der Waals surface area contributed by atoms with Crippen molar-refractivity contribution in [3.8, 4) is 0 Å². The van der Waals surface area contributed by atoms with Crippen LogP contribution in [-0.2, 0) is 10.8 Å². The molecule has 0 amide bonds. The Labute approximate surface area is 323 Å². The molecule has 0 nitrogen and oxygen atoms in total. The van der Waals surface area contributed by atoms with Crippen LogP contribution in [-0.4, -0.2) is 6.99 Å². The van der Waals surface area contributed by atoms with Gasteiger partial charge in [0.2, 0.25) is 0 Å². The average Bonchev–Trinajstić information content (AvgIpc) is 3.23. The molecule has 0 aliphatic rings. The Hall–Kier alpha value is -6.53. The number of hydrogen-bond acceptors (Lipinski definition) is 0. The van der Waals surface area contributed by atoms with E-state index in [4.69, 9.17) is 0 Å². The van der Waals surface area contributed by atoms with E-state index in [9.17, 15) is 0 Å². The molecule has 0 aliphatic heterocycles. The zero-order valence-electron chi connectivity index (χ0n) is 30.1. The van der Waals surface area contributed by atoms with Gasteiger partial charge in [-0.3, -0.25) is 0 Å². The fourth-order valence-electron chi connectivity index (χ4n) is 8.36. The fourth-order valence-corrected chi connectivity index (χ4v) is 8.36. The van der Waals surface area contributed by atoms with Crippen LogP contribution in [0.15, 0.2) is 206 Å². The number of halogens is 5. The minimum atomic E-state index is -2.81. The average molecular weight is 741 g/mol. The maximum absolute atomic E-state index is 16.7. The van der Waals surface area contributed by atoms with Gasteiger partial charge in [0.1, 0.15) is 23.3 Å². The standard InChI is InChI=1S/C50H34BF5/c52-43-31-41(49(35-19-7-1-8-20-35,36-21-9-2-10-22-36)37-23-11-3-12-24-37)32-44(53)47(43)51(56)48-45(54)33-42(34-46(48)55)50(38-25-13-4-14-26-38,39-27-15-5-16-28-39)40-29-17-6-18-30-40/h1-34H. The highest BCUT2D eigenvalue weighted by Gasteiger charge is 2.43. The predicted molar refractivity (Wildman–Crippen MR) is 215 cm³/mol. The molecule has 0 radical (unpaired) electrons. The Kier molecular flexibility index (Phi) is 9.97. The molecule has 272 valence electrons. The normalized spacial score (nSPS) is 11.7. The fraction of sp³-hybridized carbons (Fsp3) is 0.0400. The van der Waals surface area contributed by atoms with Gasteiger partial charge < -0.3 is 4.32 Å². The van der Waals surface area contributed by atoms with Gasteiger partial charge in [0.05, 0.1) is 10.8 Å². The third-order valence-electron chi connectivity index (χ3n) is 10.8. The third-order valence-corrected chi connectivity index (χ3v) is 10.8. The summed E-state index contributed by atoms with van der Waals surface area (Å²) in [5.74, 6) is -5.08. The molecule has 6 heteroatoms. The molecule has 0 N–H and O–H groups in total. The van der Waals surface area contributed by atoms with Crippen molar-refractivity contribution in [2.24, 2.45) is 0 Å². The summed E-state index contributed by atoms with van der Waals surface area (Å²) in [5, 5.41) is 0. The zero-order valence-corrected chi connectivity index (χ0v) is 30.1. The van der Waals surface area contributed by atoms with Crippen LogP contribution in [0.3, 0.4) is 0 Å². The van der Waals surface area contributed by atoms with E-state index in [-0.39, 0.29) is 11.1 Å². The maximum atomic E-state index is 16.7. The first-order valence-corrected chi connectivity index (χ1v) is 18.3. The molecule has 8 aromatic rings. The van der Waals surface area contributed by atoms with Crippen molar-refractivity contribution >= 4 is 17.9 Å². The van der Waals surface area contributed by atoms with Crippen LogP contribution in [0, 0.1) is 23.3 Å². The lowest BCUT2D eigenvalue weighted by atomic mass is 9.56. The minimum absolute atomic E-state index is 0.182. The molecular formula is C50H34BF5. The van der Waals surface area contributed by atoms with Gasteiger partial charge in [-0.15, -0.1) is 0 Å². The van der Waals surface area contributed by atoms with E-state index >= 15 is 21.9 Å². The van der Waals surface area contributed by atoms with Crippen LogP contribution in [0.4, 0.5) is 21.9 Å². The summed E-state index contributed by atoms with van der Waals surface area (Å²) >= 11 is 0. The van der Waals surface area contributed by atoms with Gasteiger partial charge in [-0.1, -0.05) is 182 Å². The molecule has 0 unspecified atom stereocenters. The highest BCUT2D eigenvalue weighted by molar-refractivity contribution is 6.79. The predicted octanol–water partition coefficient (Wildman–Crippen LogP) is 11.1. The van der Waals surface area contributed by atoms with E-state index in [2.05, 4.69) is 0 Å². The molecule has 56 heavy (non-hydrogen) atoms. The van der Waals surface area contributed by atoms with E-state index in [0.29, 0.717) is 33.4 Å². The van der Waals surface area contributed by atoms with Crippen molar-refractivity contribution in [2.45, 2.75) is 10.8 Å². The lowest BCUT2D eigenvalue weighted by Gasteiger charge is -2.37. The van der Waals surface area contributed by atoms with Gasteiger partial charge in [-0.2, -0.15) is 0 Å². The van der Waals surface area contributed by atoms with Crippen molar-refractivity contribution in [3.05, 3.63) is 274 Å². The molecule has 0 fully saturated rings. The molecule has 0 aromatic heterocycles. The third kappa shape index (κ3) is 6.12. The van der Waals surface area contributed by atoms with Crippen molar-refractivity contribution in [3.63, 3.8) is 0 Å². The van der Waals surface area contributed by atoms with E-state index in [0.717, 1.165) is 24.3 Å². The maximum Gasteiger partial charge on any atom is 0.425 e. The monoisotopic (exact) mass is 740 g/mol. The zero-order chi connectivity index (χ0) is 38.7. The summed E-state index contributed by atoms with van der Waals surface area (Å²) in [5.41, 5.74) is 0.0275. The molecular weight excluding hydrogens is 706 g/mol. The van der Waals surface area contributed by atoms with Gasteiger partial charge in [0.25, 0.3) is 0 Å². The highest BCUT2D eigenvalue weighted by Crippen LogP contribution is 2.47. The van der Waals surface area contributed by atoms with Crippen molar-refractivity contribution in [2.75, 3.05) is 0 Å². The van der Waals surface area contributed by atoms with Gasteiger partial charge in [-0.25, -0.2) is 17.6 Å². The Morgan fingerprint density at radius 3 is 0.625 bits per heavy atom. The molecule has 0 aliphatic carbocycles. The largest absolute Gasteiger partial charge is 0.425 e. The number of rotatable bonds is 10. The summed E-state index contributed by atoms with van der Waals surface area (Å²) in [6, 6.07) is 59.9. The van der Waals surface area contributed by atoms with E-state index in [1.165, 1.54) is 0 Å². The second-order valence-corrected chi connectivity index (χ2v) is 13.8. The molecule has 8 aromatic carbocycles. The topological polar surface area (TPSA) is 0 Å². The van der Waals surface area contributed by atoms with E-state index in [1.54, 1.807) is 0 Å². The van der Waals surface area contributed by atoms with Crippen LogP contribution in [0.1, 0.15) is 44.5 Å². The van der Waals surface area contributed by atoms with Crippen molar-refractivity contribution < 1.29 is 21.9 Å². The van der Waals surface area contributed by atoms with Gasteiger partial charge >= 0.3 is 6.99 Å². The molecule has 8 rings (SSSR count). The smallest absolute Gasteiger partial charge is 0.322 e. The van der Waals surface area contributed by atoms with Crippen LogP contribution in [0.5, 0.6) is 0 Å². The summed E-state index contributed by atoms with van der Waals surface area (Å²) in [6.07, 6.45) is 0. The molecule has 0 heterocycles. The van der Waals surface area contributed by atoms with E-state index in [1.807, 2.05) is 182 Å². The van der Waals surface area contributed by atoms with Crippen LogP contribution >= 0.6 is 0 Å². The lowest BCUT2D eigenvalue weighted by Crippen LogP contribution is -2.46. The molecule has 0 saturated heterocycles. The summed E-state index contributed by atoms with van der Waals surface area (Å²) in [7, 11) is 0. The van der Waals surface area contributed by atoms with Crippen molar-refractivity contribution in [1.82, 2.24) is 0 Å². The molecule has 0 spiro atoms. The number of benzene rings is 8. The van der Waals surface area contributed by atoms with Crippen LogP contribution < -0.4 is 10.9 Å². The Morgan fingerprint density at radius 1 is 0.268 bits per heavy atom. The van der Waals surface area contributed by atoms with Crippen molar-refractivity contribution in [1.29, 1.82) is 0 Å². The van der Waals surface area contributed by atoms with E-state index < -0.39 is 52.0 Å². The second kappa shape index (κ2) is 15.3. The SMILES string of the molecule is FB(c1c(F)cc(C(c2ccccc2)(c2ccccc2)c2ccccc2)cc1F)c1c(F)cc(C(c2ccccc2)(c2ccccc2)c2ccccc2)cc1F. The Balaban J connectivity index is 1.30. The van der Waals surface area contributed by atoms with Gasteiger partial charge in [0, 0.05) is 10.9 Å². The summed E-state index contributed by atoms with van der Waals surface area (Å²) < 4.78 is 83.1. The Bertz CT molecular complexity index is 2150. The van der Waals surface area contributed by atoms with Gasteiger partial charge in [-0.05, 0) is 68.8 Å². The summed E-state index contributed by atoms with van der Waals surface area (Å²) in [6.45, 7) is -2.81. The Morgan fingerprint density at radius 2 is 0.446 bits per heavy atom. The van der Waals surface area contributed by atoms with Crippen LogP contribution in [0.25, 0.3) is 0 Å². The molecule has 0 bridgehead atoms. The van der Waals surface area contributed by atoms with Gasteiger partial charge in [0.15, 0.2) is 0 Å². The first-order chi connectivity index (χ1) is 27.4. The lowest BCUT2D eigenvalue weighted by molar-refractivity contribution is 0.576. The first kappa shape index (κ1) is 36.5.